The number of benzene rings is 2. The third-order valence-electron chi connectivity index (χ3n) is 7.72. The number of carbonyl (C=O) groups is 1. The lowest BCUT2D eigenvalue weighted by Gasteiger charge is -2.23. The third-order valence-corrected chi connectivity index (χ3v) is 7.72. The number of carbonyl (C=O) groups excluding carboxylic acids is 1. The zero-order valence-corrected chi connectivity index (χ0v) is 23.9. The molecule has 0 saturated carbocycles. The minimum absolute atomic E-state index is 0.0749. The topological polar surface area (TPSA) is 86.2 Å². The molecule has 1 aromatic heterocycles. The predicted molar refractivity (Wildman–Crippen MR) is 164 cm³/mol. The number of likely N-dealkylation sites (N-methyl/N-ethyl adjacent to an activating group) is 1. The van der Waals surface area contributed by atoms with Crippen molar-refractivity contribution in [3.05, 3.63) is 83.9 Å². The lowest BCUT2D eigenvalue weighted by Crippen LogP contribution is -2.32. The molecule has 1 N–H and O–H groups in total. The number of aliphatic imine (C=N–C) groups is 1. The Morgan fingerprint density at radius 3 is 2.88 bits per heavy atom. The zero-order chi connectivity index (χ0) is 28.5. The highest BCUT2D eigenvalue weighted by molar-refractivity contribution is 6.09. The van der Waals surface area contributed by atoms with Gasteiger partial charge in [-0.15, -0.1) is 0 Å². The number of ether oxygens (including phenoxy) is 1. The van der Waals surface area contributed by atoms with Gasteiger partial charge in [-0.05, 0) is 88.0 Å². The number of amides is 1. The molecule has 1 saturated heterocycles. The van der Waals surface area contributed by atoms with E-state index in [4.69, 9.17) is 4.74 Å². The molecular formula is C32H35N7O2. The number of nitrogens with zero attached hydrogens (tertiary/aromatic N) is 6. The summed E-state index contributed by atoms with van der Waals surface area (Å²) in [6.07, 6.45) is 13.3. The molecule has 0 bridgehead atoms. The zero-order valence-electron chi connectivity index (χ0n) is 23.9. The van der Waals surface area contributed by atoms with Gasteiger partial charge in [0.05, 0.1) is 23.9 Å². The van der Waals surface area contributed by atoms with Crippen LogP contribution in [-0.4, -0.2) is 78.3 Å². The highest BCUT2D eigenvalue weighted by Crippen LogP contribution is 2.33. The largest absolute Gasteiger partial charge is 0.457 e. The molecule has 210 valence electrons. The highest BCUT2D eigenvalue weighted by atomic mass is 16.5. The molecule has 9 heteroatoms. The molecule has 3 heterocycles. The van der Waals surface area contributed by atoms with Crippen LogP contribution in [0.25, 0.3) is 10.9 Å². The van der Waals surface area contributed by atoms with Crippen molar-refractivity contribution in [2.75, 3.05) is 44.4 Å². The molecule has 9 nitrogen and oxygen atoms in total. The van der Waals surface area contributed by atoms with Crippen molar-refractivity contribution >= 4 is 40.3 Å². The maximum atomic E-state index is 13.1. The molecule has 2 atom stereocenters. The maximum absolute atomic E-state index is 13.1. The first-order chi connectivity index (χ1) is 19.9. The second kappa shape index (κ2) is 11.2. The van der Waals surface area contributed by atoms with Crippen molar-refractivity contribution in [1.29, 1.82) is 0 Å². The van der Waals surface area contributed by atoms with E-state index >= 15 is 0 Å². The summed E-state index contributed by atoms with van der Waals surface area (Å²) >= 11 is 0. The summed E-state index contributed by atoms with van der Waals surface area (Å²) < 4.78 is 6.22. The van der Waals surface area contributed by atoms with Gasteiger partial charge < -0.3 is 24.8 Å². The molecule has 3 aliphatic rings. The molecule has 2 aliphatic heterocycles. The Bertz CT molecular complexity index is 1610. The quantitative estimate of drug-likeness (QED) is 0.403. The van der Waals surface area contributed by atoms with Crippen LogP contribution in [0.5, 0.6) is 5.75 Å². The Kier molecular flexibility index (Phi) is 7.28. The summed E-state index contributed by atoms with van der Waals surface area (Å²) in [6, 6.07) is 12.2. The average Bonchev–Trinajstić information content (AvgIpc) is 3.51. The summed E-state index contributed by atoms with van der Waals surface area (Å²) in [5.41, 5.74) is 4.43. The monoisotopic (exact) mass is 549 g/mol. The van der Waals surface area contributed by atoms with E-state index in [1.807, 2.05) is 81.8 Å². The lowest BCUT2D eigenvalue weighted by molar-refractivity contribution is -0.114. The molecule has 1 amide bonds. The summed E-state index contributed by atoms with van der Waals surface area (Å²) in [6.45, 7) is 3.62. The van der Waals surface area contributed by atoms with Crippen LogP contribution < -0.4 is 15.0 Å². The van der Waals surface area contributed by atoms with Crippen molar-refractivity contribution in [1.82, 2.24) is 19.8 Å². The molecule has 0 radical (unpaired) electrons. The van der Waals surface area contributed by atoms with Gasteiger partial charge >= 0.3 is 0 Å². The molecule has 3 aromatic rings. The first-order valence-corrected chi connectivity index (χ1v) is 14.0. The molecule has 2 aromatic carbocycles. The summed E-state index contributed by atoms with van der Waals surface area (Å²) in [5, 5.41) is 4.31. The number of allylic oxidation sites excluding steroid dienone is 1. The van der Waals surface area contributed by atoms with E-state index in [9.17, 15) is 4.79 Å². The molecular weight excluding hydrogens is 514 g/mol. The van der Waals surface area contributed by atoms with Crippen LogP contribution in [0.15, 0.2) is 83.4 Å². The Balaban J connectivity index is 1.19. The predicted octanol–water partition coefficient (Wildman–Crippen LogP) is 4.84. The number of fused-ring (bicyclic) bond motifs is 2. The van der Waals surface area contributed by atoms with Gasteiger partial charge in [0.2, 0.25) is 0 Å². The number of nitrogens with one attached hydrogen (secondary N) is 1. The average molecular weight is 550 g/mol. The standard InChI is InChI=1S/C32H35N7O2/c1-21-16-23(7-12-30(21)41-25-9-11-29-28(18-25)35-20-38(29)4)36-31-26-17-24(8-10-27(26)33-19-34-31)39-15-13-22(32(39)40)6-5-14-37(2)3/h6-12,16-20,28-29H,5,13-15H2,1-4H3,(H,33,34,36)/b22-6+. The van der Waals surface area contributed by atoms with Gasteiger partial charge in [-0.1, -0.05) is 12.2 Å². The Hall–Kier alpha value is -4.50. The fourth-order valence-corrected chi connectivity index (χ4v) is 5.43. The van der Waals surface area contributed by atoms with Gasteiger partial charge in [0.1, 0.15) is 23.7 Å². The number of rotatable bonds is 8. The van der Waals surface area contributed by atoms with Crippen molar-refractivity contribution in [2.24, 2.45) is 4.99 Å². The smallest absolute Gasteiger partial charge is 0.253 e. The van der Waals surface area contributed by atoms with Crippen LogP contribution in [0.1, 0.15) is 18.4 Å². The highest BCUT2D eigenvalue weighted by Gasteiger charge is 2.28. The number of anilines is 3. The molecule has 0 spiro atoms. The Labute approximate surface area is 240 Å². The Morgan fingerprint density at radius 1 is 1.17 bits per heavy atom. The van der Waals surface area contributed by atoms with E-state index in [1.54, 1.807) is 6.33 Å². The van der Waals surface area contributed by atoms with Crippen molar-refractivity contribution in [3.8, 4) is 5.75 Å². The van der Waals surface area contributed by atoms with E-state index in [0.717, 1.165) is 64.3 Å². The Morgan fingerprint density at radius 2 is 2.05 bits per heavy atom. The van der Waals surface area contributed by atoms with Crippen LogP contribution in [0, 0.1) is 6.92 Å². The summed E-state index contributed by atoms with van der Waals surface area (Å²) in [5.74, 6) is 2.34. The summed E-state index contributed by atoms with van der Waals surface area (Å²) in [7, 11) is 6.11. The molecule has 1 fully saturated rings. The molecule has 41 heavy (non-hydrogen) atoms. The van der Waals surface area contributed by atoms with Gasteiger partial charge in [-0.3, -0.25) is 9.79 Å². The minimum Gasteiger partial charge on any atom is -0.457 e. The fraction of sp³-hybridized carbons (Fsp3) is 0.312. The van der Waals surface area contributed by atoms with Crippen molar-refractivity contribution in [2.45, 2.75) is 31.8 Å². The van der Waals surface area contributed by atoms with Gasteiger partial charge in [0.25, 0.3) is 5.91 Å². The number of hydrogen-bond donors (Lipinski definition) is 1. The molecule has 1 aliphatic carbocycles. The molecule has 2 unspecified atom stereocenters. The second-order valence-corrected chi connectivity index (χ2v) is 11.0. The lowest BCUT2D eigenvalue weighted by atomic mass is 10.0. The second-order valence-electron chi connectivity index (χ2n) is 11.0. The number of hydrogen-bond acceptors (Lipinski definition) is 8. The van der Waals surface area contributed by atoms with Gasteiger partial charge in [0, 0.05) is 42.5 Å². The number of aromatic nitrogens is 2. The minimum atomic E-state index is 0.0749. The van der Waals surface area contributed by atoms with Crippen LogP contribution in [0.4, 0.5) is 17.2 Å². The van der Waals surface area contributed by atoms with Crippen LogP contribution in [0.2, 0.25) is 0 Å². The van der Waals surface area contributed by atoms with E-state index < -0.39 is 0 Å². The van der Waals surface area contributed by atoms with Crippen LogP contribution in [0.3, 0.4) is 0 Å². The fourth-order valence-electron chi connectivity index (χ4n) is 5.43. The van der Waals surface area contributed by atoms with E-state index in [0.29, 0.717) is 12.4 Å². The van der Waals surface area contributed by atoms with E-state index in [-0.39, 0.29) is 18.0 Å². The normalized spacial score (nSPS) is 20.9. The maximum Gasteiger partial charge on any atom is 0.253 e. The summed E-state index contributed by atoms with van der Waals surface area (Å²) in [4.78, 5) is 32.7. The van der Waals surface area contributed by atoms with Gasteiger partial charge in [0.15, 0.2) is 0 Å². The van der Waals surface area contributed by atoms with E-state index in [1.165, 1.54) is 0 Å². The van der Waals surface area contributed by atoms with Crippen LogP contribution in [-0.2, 0) is 4.79 Å². The SMILES string of the molecule is Cc1cc(Nc2ncnc3ccc(N4CC/C(=C\CCN(C)C)C4=O)cc23)ccc1OC1=CC2N=CN(C)C2C=C1. The van der Waals surface area contributed by atoms with E-state index in [2.05, 4.69) is 48.3 Å². The van der Waals surface area contributed by atoms with Crippen molar-refractivity contribution in [3.63, 3.8) is 0 Å². The third kappa shape index (κ3) is 5.58. The first-order valence-electron chi connectivity index (χ1n) is 14.0. The van der Waals surface area contributed by atoms with Gasteiger partial charge in [-0.25, -0.2) is 9.97 Å². The van der Waals surface area contributed by atoms with Gasteiger partial charge in [-0.2, -0.15) is 0 Å². The van der Waals surface area contributed by atoms with Crippen LogP contribution >= 0.6 is 0 Å². The first kappa shape index (κ1) is 26.7. The molecule has 6 rings (SSSR count). The van der Waals surface area contributed by atoms with Crippen molar-refractivity contribution < 1.29 is 9.53 Å². The number of aryl methyl sites for hydroxylation is 1.